The average Bonchev–Trinajstić information content (AvgIpc) is 2.16. The van der Waals surface area contributed by atoms with Crippen molar-refractivity contribution in [3.05, 3.63) is 29.8 Å². The van der Waals surface area contributed by atoms with Gasteiger partial charge in [-0.05, 0) is 17.5 Å². The van der Waals surface area contributed by atoms with Crippen LogP contribution >= 0.6 is 11.6 Å². The smallest absolute Gasteiger partial charge is 0.123 e. The molecular weight excluding hydrogens is 208 g/mol. The number of para-hydroxylation sites is 1. The van der Waals surface area contributed by atoms with Crippen molar-refractivity contribution in [2.75, 3.05) is 0 Å². The molecule has 2 heteroatoms. The summed E-state index contributed by atoms with van der Waals surface area (Å²) in [5.41, 5.74) is 1.29. The van der Waals surface area contributed by atoms with Crippen molar-refractivity contribution in [3.8, 4) is 5.75 Å². The molecule has 0 N–H and O–H groups in total. The molecule has 0 amide bonds. The molecule has 0 aromatic heterocycles. The summed E-state index contributed by atoms with van der Waals surface area (Å²) in [5, 5.41) is 0.321. The van der Waals surface area contributed by atoms with Crippen molar-refractivity contribution in [1.29, 1.82) is 0 Å². The van der Waals surface area contributed by atoms with Crippen molar-refractivity contribution in [1.82, 2.24) is 0 Å². The predicted molar refractivity (Wildman–Crippen MR) is 63.8 cm³/mol. The van der Waals surface area contributed by atoms with Crippen molar-refractivity contribution in [2.45, 2.75) is 44.1 Å². The van der Waals surface area contributed by atoms with Gasteiger partial charge in [0.2, 0.25) is 0 Å². The highest BCUT2D eigenvalue weighted by molar-refractivity contribution is 6.21. The summed E-state index contributed by atoms with van der Waals surface area (Å²) < 4.78 is 5.93. The molecular formula is C13H17ClO. The molecule has 0 unspecified atom stereocenters. The van der Waals surface area contributed by atoms with E-state index in [1.165, 1.54) is 5.56 Å². The summed E-state index contributed by atoms with van der Waals surface area (Å²) in [6.45, 7) is 4.38. The molecule has 0 heterocycles. The largest absolute Gasteiger partial charge is 0.490 e. The minimum Gasteiger partial charge on any atom is -0.490 e. The summed E-state index contributed by atoms with van der Waals surface area (Å²) >= 11 is 5.93. The average molecular weight is 225 g/mol. The van der Waals surface area contributed by atoms with Crippen LogP contribution in [0.25, 0.3) is 0 Å². The number of hydrogen-bond donors (Lipinski definition) is 0. The van der Waals surface area contributed by atoms with Crippen LogP contribution in [-0.4, -0.2) is 11.5 Å². The molecule has 82 valence electrons. The standard InChI is InChI=1S/C13H17ClO/c1-9(2)12-5-3-4-6-13(12)15-11-7-10(14)8-11/h3-6,9-11H,7-8H2,1-2H3. The lowest BCUT2D eigenvalue weighted by Crippen LogP contribution is -2.34. The monoisotopic (exact) mass is 224 g/mol. The lowest BCUT2D eigenvalue weighted by molar-refractivity contribution is 0.122. The Labute approximate surface area is 96.4 Å². The van der Waals surface area contributed by atoms with E-state index in [1.807, 2.05) is 6.07 Å². The van der Waals surface area contributed by atoms with Crippen LogP contribution < -0.4 is 4.74 Å². The van der Waals surface area contributed by atoms with Gasteiger partial charge >= 0.3 is 0 Å². The third-order valence-electron chi connectivity index (χ3n) is 2.87. The van der Waals surface area contributed by atoms with Gasteiger partial charge in [-0.1, -0.05) is 32.0 Å². The number of ether oxygens (including phenoxy) is 1. The molecule has 1 aromatic rings. The topological polar surface area (TPSA) is 9.23 Å². The minimum absolute atomic E-state index is 0.321. The molecule has 1 nitrogen and oxygen atoms in total. The van der Waals surface area contributed by atoms with E-state index >= 15 is 0 Å². The van der Waals surface area contributed by atoms with Gasteiger partial charge in [0, 0.05) is 18.2 Å². The summed E-state index contributed by atoms with van der Waals surface area (Å²) in [4.78, 5) is 0. The van der Waals surface area contributed by atoms with Gasteiger partial charge in [-0.25, -0.2) is 0 Å². The molecule has 1 fully saturated rings. The van der Waals surface area contributed by atoms with E-state index in [1.54, 1.807) is 0 Å². The van der Waals surface area contributed by atoms with Crippen molar-refractivity contribution in [3.63, 3.8) is 0 Å². The molecule has 1 aliphatic rings. The maximum Gasteiger partial charge on any atom is 0.123 e. The van der Waals surface area contributed by atoms with E-state index in [2.05, 4.69) is 32.0 Å². The van der Waals surface area contributed by atoms with E-state index in [0.29, 0.717) is 17.4 Å². The molecule has 0 bridgehead atoms. The second kappa shape index (κ2) is 4.44. The molecule has 0 atom stereocenters. The van der Waals surface area contributed by atoms with Crippen LogP contribution in [0.4, 0.5) is 0 Å². The zero-order valence-electron chi connectivity index (χ0n) is 9.24. The molecule has 1 aromatic carbocycles. The van der Waals surface area contributed by atoms with Crippen LogP contribution in [-0.2, 0) is 0 Å². The summed E-state index contributed by atoms with van der Waals surface area (Å²) in [6, 6.07) is 8.28. The molecule has 0 saturated heterocycles. The first-order chi connectivity index (χ1) is 7.16. The molecule has 0 aliphatic heterocycles. The van der Waals surface area contributed by atoms with Crippen LogP contribution in [0.15, 0.2) is 24.3 Å². The van der Waals surface area contributed by atoms with Gasteiger partial charge in [0.1, 0.15) is 11.9 Å². The van der Waals surface area contributed by atoms with Crippen molar-refractivity contribution < 1.29 is 4.74 Å². The lowest BCUT2D eigenvalue weighted by atomic mass is 9.95. The van der Waals surface area contributed by atoms with Crippen LogP contribution in [0, 0.1) is 0 Å². The van der Waals surface area contributed by atoms with Gasteiger partial charge in [-0.15, -0.1) is 11.6 Å². The Morgan fingerprint density at radius 2 is 1.93 bits per heavy atom. The number of hydrogen-bond acceptors (Lipinski definition) is 1. The first-order valence-electron chi connectivity index (χ1n) is 5.56. The summed E-state index contributed by atoms with van der Waals surface area (Å²) in [7, 11) is 0. The fraction of sp³-hybridized carbons (Fsp3) is 0.538. The second-order valence-electron chi connectivity index (χ2n) is 4.50. The minimum atomic E-state index is 0.321. The SMILES string of the molecule is CC(C)c1ccccc1OC1CC(Cl)C1. The first kappa shape index (κ1) is 10.8. The Hall–Kier alpha value is -0.690. The normalized spacial score (nSPS) is 25.1. The highest BCUT2D eigenvalue weighted by Crippen LogP contribution is 2.33. The zero-order chi connectivity index (χ0) is 10.8. The third-order valence-corrected chi connectivity index (χ3v) is 3.23. The van der Waals surface area contributed by atoms with Crippen LogP contribution in [0.5, 0.6) is 5.75 Å². The highest BCUT2D eigenvalue weighted by atomic mass is 35.5. The Morgan fingerprint density at radius 3 is 2.53 bits per heavy atom. The fourth-order valence-electron chi connectivity index (χ4n) is 1.84. The van der Waals surface area contributed by atoms with Gasteiger partial charge in [0.15, 0.2) is 0 Å². The van der Waals surface area contributed by atoms with Gasteiger partial charge in [-0.2, -0.15) is 0 Å². The Balaban J connectivity index is 2.07. The fourth-order valence-corrected chi connectivity index (χ4v) is 2.24. The Morgan fingerprint density at radius 1 is 1.27 bits per heavy atom. The predicted octanol–water partition coefficient (Wildman–Crippen LogP) is 3.96. The molecule has 15 heavy (non-hydrogen) atoms. The van der Waals surface area contributed by atoms with E-state index in [-0.39, 0.29) is 0 Å². The van der Waals surface area contributed by atoms with Gasteiger partial charge < -0.3 is 4.74 Å². The van der Waals surface area contributed by atoms with Crippen molar-refractivity contribution in [2.24, 2.45) is 0 Å². The molecule has 0 spiro atoms. The van der Waals surface area contributed by atoms with E-state index < -0.39 is 0 Å². The maximum absolute atomic E-state index is 5.93. The lowest BCUT2D eigenvalue weighted by Gasteiger charge is -2.32. The van der Waals surface area contributed by atoms with Crippen LogP contribution in [0.1, 0.15) is 38.2 Å². The van der Waals surface area contributed by atoms with E-state index in [4.69, 9.17) is 16.3 Å². The molecule has 0 radical (unpaired) electrons. The van der Waals surface area contributed by atoms with E-state index in [9.17, 15) is 0 Å². The van der Waals surface area contributed by atoms with Crippen LogP contribution in [0.3, 0.4) is 0 Å². The van der Waals surface area contributed by atoms with Crippen LogP contribution in [0.2, 0.25) is 0 Å². The van der Waals surface area contributed by atoms with E-state index in [0.717, 1.165) is 18.6 Å². The Kier molecular flexibility index (Phi) is 3.20. The highest BCUT2D eigenvalue weighted by Gasteiger charge is 2.29. The summed E-state index contributed by atoms with van der Waals surface area (Å²) in [6.07, 6.45) is 2.29. The molecule has 2 rings (SSSR count). The third kappa shape index (κ3) is 2.46. The summed E-state index contributed by atoms with van der Waals surface area (Å²) in [5.74, 6) is 1.54. The first-order valence-corrected chi connectivity index (χ1v) is 6.00. The van der Waals surface area contributed by atoms with Crippen molar-refractivity contribution >= 4 is 11.6 Å². The molecule has 1 saturated carbocycles. The zero-order valence-corrected chi connectivity index (χ0v) is 10.00. The second-order valence-corrected chi connectivity index (χ2v) is 5.12. The van der Waals surface area contributed by atoms with Gasteiger partial charge in [0.25, 0.3) is 0 Å². The number of benzene rings is 1. The number of rotatable bonds is 3. The van der Waals surface area contributed by atoms with Gasteiger partial charge in [0.05, 0.1) is 0 Å². The molecule has 1 aliphatic carbocycles. The Bertz CT molecular complexity index is 329. The number of halogens is 1. The van der Waals surface area contributed by atoms with Gasteiger partial charge in [-0.3, -0.25) is 0 Å². The quantitative estimate of drug-likeness (QED) is 0.707. The maximum atomic E-state index is 5.93. The number of alkyl halides is 1.